The van der Waals surface area contributed by atoms with Gasteiger partial charge in [-0.25, -0.2) is 4.98 Å². The van der Waals surface area contributed by atoms with Crippen molar-refractivity contribution >= 4 is 27.8 Å². The van der Waals surface area contributed by atoms with Crippen LogP contribution in [0, 0.1) is 12.3 Å². The molecule has 0 spiro atoms. The third-order valence-electron chi connectivity index (χ3n) is 12.5. The van der Waals surface area contributed by atoms with Crippen LogP contribution in [0.5, 0.6) is 11.5 Å². The van der Waals surface area contributed by atoms with E-state index in [9.17, 15) is 0 Å². The Morgan fingerprint density at radius 2 is 1.52 bits per heavy atom. The summed E-state index contributed by atoms with van der Waals surface area (Å²) in [7, 11) is 0. The number of benzene rings is 3. The fraction of sp³-hybridized carbons (Fsp3) is 0.489. The minimum Gasteiger partial charge on any atom is -0.457 e. The van der Waals surface area contributed by atoms with E-state index < -0.39 is 0 Å². The van der Waals surface area contributed by atoms with Crippen molar-refractivity contribution in [2.24, 2.45) is 10.4 Å². The van der Waals surface area contributed by atoms with Gasteiger partial charge in [0.1, 0.15) is 23.0 Å². The number of rotatable bonds is 6. The van der Waals surface area contributed by atoms with Crippen LogP contribution in [0.25, 0.3) is 27.6 Å². The Morgan fingerprint density at radius 1 is 0.808 bits per heavy atom. The zero-order valence-corrected chi connectivity index (χ0v) is 33.8. The van der Waals surface area contributed by atoms with E-state index in [0.717, 1.165) is 50.7 Å². The van der Waals surface area contributed by atoms with E-state index in [1.807, 2.05) is 12.3 Å². The molecule has 5 heteroatoms. The van der Waals surface area contributed by atoms with Gasteiger partial charge in [-0.2, -0.15) is 0 Å². The summed E-state index contributed by atoms with van der Waals surface area (Å²) >= 11 is 0. The van der Waals surface area contributed by atoms with Crippen molar-refractivity contribution in [3.05, 3.63) is 95.2 Å². The molecular weight excluding hydrogens is 637 g/mol. The molecule has 0 bridgehead atoms. The predicted molar refractivity (Wildman–Crippen MR) is 220 cm³/mol. The minimum absolute atomic E-state index is 0.0197. The molecular formula is C47H60N4O. The van der Waals surface area contributed by atoms with Crippen molar-refractivity contribution in [3.8, 4) is 17.2 Å². The van der Waals surface area contributed by atoms with E-state index in [0.29, 0.717) is 12.0 Å². The molecule has 2 aromatic heterocycles. The normalized spacial score (nSPS) is 19.9. The zero-order chi connectivity index (χ0) is 37.4. The smallest absolute Gasteiger partial charge is 0.145 e. The first-order chi connectivity index (χ1) is 24.4. The van der Waals surface area contributed by atoms with Crippen LogP contribution in [0.2, 0.25) is 0 Å². The number of hydrogen-bond donors (Lipinski definition) is 0. The van der Waals surface area contributed by atoms with Gasteiger partial charge < -0.3 is 9.64 Å². The van der Waals surface area contributed by atoms with Crippen LogP contribution in [-0.4, -0.2) is 37.4 Å². The lowest BCUT2D eigenvalue weighted by Gasteiger charge is -2.52. The van der Waals surface area contributed by atoms with Gasteiger partial charge in [-0.1, -0.05) is 80.7 Å². The quantitative estimate of drug-likeness (QED) is 0.177. The summed E-state index contributed by atoms with van der Waals surface area (Å²) in [5, 5.41) is 2.38. The molecule has 1 fully saturated rings. The zero-order valence-electron chi connectivity index (χ0n) is 33.8. The predicted octanol–water partition coefficient (Wildman–Crippen LogP) is 12.7. The number of amidine groups is 1. The van der Waals surface area contributed by atoms with E-state index in [-0.39, 0.29) is 21.9 Å². The second kappa shape index (κ2) is 12.8. The van der Waals surface area contributed by atoms with Crippen molar-refractivity contribution in [1.29, 1.82) is 0 Å². The average Bonchev–Trinajstić information content (AvgIpc) is 3.52. The lowest BCUT2D eigenvalue weighted by Crippen LogP contribution is -2.62. The van der Waals surface area contributed by atoms with Crippen LogP contribution in [0.15, 0.2) is 77.9 Å². The number of nitrogens with zero attached hydrogens (tertiary/aromatic N) is 4. The van der Waals surface area contributed by atoms with Gasteiger partial charge in [-0.3, -0.25) is 9.56 Å². The second-order valence-corrected chi connectivity index (χ2v) is 18.7. The number of fused-ring (bicyclic) bond motifs is 3. The fourth-order valence-corrected chi connectivity index (χ4v) is 8.93. The highest BCUT2D eigenvalue weighted by Gasteiger charge is 2.59. The largest absolute Gasteiger partial charge is 0.457 e. The Kier molecular flexibility index (Phi) is 8.91. The number of hydrogen-bond acceptors (Lipinski definition) is 4. The molecule has 0 amide bonds. The topological polar surface area (TPSA) is 42.6 Å². The molecule has 5 aromatic rings. The van der Waals surface area contributed by atoms with Crippen LogP contribution in [0.1, 0.15) is 136 Å². The Labute approximate surface area is 312 Å². The first-order valence-corrected chi connectivity index (χ1v) is 19.6. The lowest BCUT2D eigenvalue weighted by atomic mass is 9.64. The molecule has 274 valence electrons. The summed E-state index contributed by atoms with van der Waals surface area (Å²) in [6.45, 7) is 27.8. The van der Waals surface area contributed by atoms with E-state index in [1.54, 1.807) is 0 Å². The molecule has 1 aliphatic carbocycles. The summed E-state index contributed by atoms with van der Waals surface area (Å²) in [5.41, 5.74) is 7.63. The third-order valence-corrected chi connectivity index (χ3v) is 12.5. The maximum Gasteiger partial charge on any atom is 0.145 e. The second-order valence-electron chi connectivity index (χ2n) is 18.7. The maximum absolute atomic E-state index is 6.92. The molecule has 2 aliphatic rings. The molecule has 3 aromatic carbocycles. The van der Waals surface area contributed by atoms with Gasteiger partial charge in [0.15, 0.2) is 0 Å². The Balaban J connectivity index is 1.34. The summed E-state index contributed by atoms with van der Waals surface area (Å²) in [5.74, 6) is 3.12. The van der Waals surface area contributed by atoms with E-state index in [2.05, 4.69) is 153 Å². The molecule has 0 N–H and O–H groups in total. The minimum atomic E-state index is -0.267. The SMILES string of the molecule is Cc1cc(Oc2cc(C3=N[C@](C)(C(C)(C)C)C(C)(C)N3C3CCCCC3)cc(C(C)C)c2)cc(-n2c3ccc(C(C)(C)C)cc3c3cccnc32)c1. The highest BCUT2D eigenvalue weighted by atomic mass is 16.5. The van der Waals surface area contributed by atoms with Crippen LogP contribution >= 0.6 is 0 Å². The number of aryl methyl sites for hydroxylation is 1. The Hall–Kier alpha value is -4.12. The number of aliphatic imine (C=N–C) groups is 1. The first-order valence-electron chi connectivity index (χ1n) is 19.6. The lowest BCUT2D eigenvalue weighted by molar-refractivity contribution is 0.0331. The summed E-state index contributed by atoms with van der Waals surface area (Å²) in [4.78, 5) is 13.4. The maximum atomic E-state index is 6.92. The highest BCUT2D eigenvalue weighted by molar-refractivity contribution is 6.08. The molecule has 52 heavy (non-hydrogen) atoms. The van der Waals surface area contributed by atoms with E-state index >= 15 is 0 Å². The Morgan fingerprint density at radius 3 is 2.19 bits per heavy atom. The number of aromatic nitrogens is 2. The van der Waals surface area contributed by atoms with Crippen LogP contribution in [-0.2, 0) is 5.41 Å². The van der Waals surface area contributed by atoms with Crippen LogP contribution in [0.4, 0.5) is 0 Å². The molecule has 0 radical (unpaired) electrons. The average molecular weight is 697 g/mol. The molecule has 1 aliphatic heterocycles. The number of ether oxygens (including phenoxy) is 1. The van der Waals surface area contributed by atoms with Gasteiger partial charge in [-0.05, 0) is 129 Å². The van der Waals surface area contributed by atoms with E-state index in [1.165, 1.54) is 48.6 Å². The summed E-state index contributed by atoms with van der Waals surface area (Å²) < 4.78 is 9.21. The Bertz CT molecular complexity index is 2170. The van der Waals surface area contributed by atoms with Gasteiger partial charge in [0.2, 0.25) is 0 Å². The highest BCUT2D eigenvalue weighted by Crippen LogP contribution is 2.52. The van der Waals surface area contributed by atoms with Crippen molar-refractivity contribution < 1.29 is 4.74 Å². The van der Waals surface area contributed by atoms with Crippen molar-refractivity contribution in [2.75, 3.05) is 0 Å². The van der Waals surface area contributed by atoms with Crippen LogP contribution < -0.4 is 4.74 Å². The molecule has 3 heterocycles. The van der Waals surface area contributed by atoms with Crippen LogP contribution in [0.3, 0.4) is 0 Å². The molecule has 0 unspecified atom stereocenters. The van der Waals surface area contributed by atoms with Crippen molar-refractivity contribution in [3.63, 3.8) is 0 Å². The van der Waals surface area contributed by atoms with Gasteiger partial charge in [0.25, 0.3) is 0 Å². The first kappa shape index (κ1) is 36.2. The molecule has 1 saturated carbocycles. The van der Waals surface area contributed by atoms with Gasteiger partial charge in [0, 0.05) is 34.6 Å². The molecule has 7 rings (SSSR count). The molecule has 0 saturated heterocycles. The molecule has 5 nitrogen and oxygen atoms in total. The summed E-state index contributed by atoms with van der Waals surface area (Å²) in [6, 6.07) is 24.9. The van der Waals surface area contributed by atoms with E-state index in [4.69, 9.17) is 14.7 Å². The number of pyridine rings is 1. The molecule has 1 atom stereocenters. The van der Waals surface area contributed by atoms with Gasteiger partial charge in [-0.15, -0.1) is 0 Å². The van der Waals surface area contributed by atoms with Gasteiger partial charge in [0.05, 0.1) is 22.3 Å². The van der Waals surface area contributed by atoms with Gasteiger partial charge >= 0.3 is 0 Å². The summed E-state index contributed by atoms with van der Waals surface area (Å²) in [6.07, 6.45) is 8.23. The fourth-order valence-electron chi connectivity index (χ4n) is 8.93. The van der Waals surface area contributed by atoms with Crippen molar-refractivity contribution in [1.82, 2.24) is 14.5 Å². The van der Waals surface area contributed by atoms with Crippen molar-refractivity contribution in [2.45, 2.75) is 144 Å². The third kappa shape index (κ3) is 6.12. The monoisotopic (exact) mass is 696 g/mol. The standard InChI is InChI=1S/C47H60N4O/c1-30(2)32-25-33(42-49-47(12,45(7,8)9)46(10,11)51(42)35-17-14-13-15-18-35)27-38(26-32)52-37-24-31(3)23-36(29-37)50-41-21-20-34(44(4,5)6)28-40(41)39-19-16-22-48-43(39)50/h16,19-30,35H,13-15,17-18H2,1-12H3/t47-/m1/s1.